The molecule has 1 heterocycles. The van der Waals surface area contributed by atoms with Gasteiger partial charge in [0.05, 0.1) is 12.5 Å². The summed E-state index contributed by atoms with van der Waals surface area (Å²) < 4.78 is 57.3. The average Bonchev–Trinajstić information content (AvgIpc) is 3.32. The zero-order valence-corrected chi connectivity index (χ0v) is 22.8. The summed E-state index contributed by atoms with van der Waals surface area (Å²) in [4.78, 5) is 23.2. The number of halogens is 5. The van der Waals surface area contributed by atoms with Crippen LogP contribution >= 0.6 is 11.6 Å². The fraction of sp³-hybridized carbons (Fsp3) is 0.333. The fourth-order valence-corrected chi connectivity index (χ4v) is 5.64. The number of fused-ring (bicyclic) bond motifs is 1. The van der Waals surface area contributed by atoms with Gasteiger partial charge in [0.15, 0.2) is 0 Å². The number of allylic oxidation sites excluding steroid dienone is 2. The van der Waals surface area contributed by atoms with E-state index in [-0.39, 0.29) is 35.6 Å². The van der Waals surface area contributed by atoms with Gasteiger partial charge in [0.2, 0.25) is 0 Å². The molecule has 2 aliphatic rings. The molecule has 11 heteroatoms. The molecule has 0 saturated heterocycles. The molecule has 1 amide bonds. The maximum atomic E-state index is 14.8. The van der Waals surface area contributed by atoms with Gasteiger partial charge >= 0.3 is 12.3 Å². The number of carbonyl (C=O) groups excluding carboxylic acids is 1. The Kier molecular flexibility index (Phi) is 9.42. The largest absolute Gasteiger partial charge is 0.573 e. The lowest BCUT2D eigenvalue weighted by atomic mass is 9.70. The first-order chi connectivity index (χ1) is 19.5. The van der Waals surface area contributed by atoms with E-state index in [1.807, 2.05) is 19.1 Å². The maximum absolute atomic E-state index is 14.8. The van der Waals surface area contributed by atoms with E-state index in [1.54, 1.807) is 36.5 Å². The third-order valence-electron chi connectivity index (χ3n) is 7.14. The van der Waals surface area contributed by atoms with E-state index in [4.69, 9.17) is 16.7 Å². The molecule has 0 fully saturated rings. The van der Waals surface area contributed by atoms with Crippen LogP contribution in [0.1, 0.15) is 59.5 Å². The highest BCUT2D eigenvalue weighted by Gasteiger charge is 2.40. The number of nitrogens with one attached hydrogen (secondary N) is 2. The van der Waals surface area contributed by atoms with Crippen LogP contribution in [0.5, 0.6) is 5.75 Å². The lowest BCUT2D eigenvalue weighted by Crippen LogP contribution is -2.30. The van der Waals surface area contributed by atoms with E-state index >= 15 is 0 Å². The first-order valence-electron chi connectivity index (χ1n) is 13.1. The van der Waals surface area contributed by atoms with Crippen molar-refractivity contribution < 1.29 is 37.0 Å². The molecule has 1 aliphatic carbocycles. The second-order valence-electron chi connectivity index (χ2n) is 9.91. The van der Waals surface area contributed by atoms with E-state index in [9.17, 15) is 27.2 Å². The molecular formula is C30H29ClF4N2O4. The van der Waals surface area contributed by atoms with E-state index in [0.717, 1.165) is 17.6 Å². The molecule has 218 valence electrons. The van der Waals surface area contributed by atoms with Gasteiger partial charge in [-0.1, -0.05) is 55.3 Å². The number of hydrogen-bond donors (Lipinski definition) is 3. The Hall–Kier alpha value is -3.79. The van der Waals surface area contributed by atoms with Crippen molar-refractivity contribution in [2.75, 3.05) is 6.54 Å². The first kappa shape index (κ1) is 30.2. The molecule has 2 aromatic carbocycles. The van der Waals surface area contributed by atoms with Crippen molar-refractivity contribution in [1.82, 2.24) is 10.6 Å². The SMILES string of the molecule is CCC[C@H](c1ccc(C(=O)NCCC(=O)O)cc1)C(C1=CNC2C(F)=CC(Cl)=CC12)c1ccc(OC(F)(F)F)cc1. The predicted molar refractivity (Wildman–Crippen MR) is 146 cm³/mol. The highest BCUT2D eigenvalue weighted by atomic mass is 35.5. The number of rotatable bonds is 11. The van der Waals surface area contributed by atoms with Gasteiger partial charge in [-0.2, -0.15) is 0 Å². The second kappa shape index (κ2) is 12.8. The maximum Gasteiger partial charge on any atom is 0.573 e. The number of carboxylic acids is 1. The molecule has 2 aromatic rings. The number of carboxylic acid groups (broad SMARTS) is 1. The summed E-state index contributed by atoms with van der Waals surface area (Å²) in [5, 5.41) is 14.7. The minimum absolute atomic E-state index is 0.00467. The van der Waals surface area contributed by atoms with Crippen LogP contribution in [-0.4, -0.2) is 35.9 Å². The summed E-state index contributed by atoms with van der Waals surface area (Å²) in [6.07, 6.45) is 1.21. The zero-order valence-electron chi connectivity index (χ0n) is 22.1. The molecule has 0 spiro atoms. The standard InChI is InChI=1S/C30H29ClF4N2O4/c1-2-3-22(17-4-6-19(7-5-17)29(40)36-13-12-26(38)39)27(18-8-10-21(11-9-18)41-30(33,34)35)24-16-37-28-23(24)14-20(31)15-25(28)32/h4-11,14-16,22-23,27-28,37H,2-3,12-13H2,1H3,(H,36,40)(H,38,39)/t22-,23?,27?,28?/m1/s1. The summed E-state index contributed by atoms with van der Waals surface area (Å²) in [7, 11) is 0. The summed E-state index contributed by atoms with van der Waals surface area (Å²) in [6.45, 7) is 2.01. The number of alkyl halides is 3. The molecule has 1 aliphatic heterocycles. The van der Waals surface area contributed by atoms with E-state index in [0.29, 0.717) is 17.5 Å². The summed E-state index contributed by atoms with van der Waals surface area (Å²) in [5.41, 5.74) is 2.77. The van der Waals surface area contributed by atoms with E-state index in [1.165, 1.54) is 18.2 Å². The van der Waals surface area contributed by atoms with Crippen LogP contribution in [0.2, 0.25) is 0 Å². The molecule has 3 unspecified atom stereocenters. The Morgan fingerprint density at radius 1 is 1.10 bits per heavy atom. The van der Waals surface area contributed by atoms with Crippen molar-refractivity contribution >= 4 is 23.5 Å². The van der Waals surface area contributed by atoms with Crippen LogP contribution in [0, 0.1) is 5.92 Å². The van der Waals surface area contributed by atoms with Crippen LogP contribution in [0.25, 0.3) is 0 Å². The molecule has 0 radical (unpaired) electrons. The number of hydrogen-bond acceptors (Lipinski definition) is 4. The van der Waals surface area contributed by atoms with Crippen LogP contribution < -0.4 is 15.4 Å². The van der Waals surface area contributed by atoms with Crippen molar-refractivity contribution in [3.05, 3.63) is 100 Å². The molecule has 0 saturated carbocycles. The minimum Gasteiger partial charge on any atom is -0.481 e. The predicted octanol–water partition coefficient (Wildman–Crippen LogP) is 6.92. The Morgan fingerprint density at radius 2 is 1.76 bits per heavy atom. The van der Waals surface area contributed by atoms with Gasteiger partial charge in [0.1, 0.15) is 11.6 Å². The zero-order chi connectivity index (χ0) is 29.7. The molecule has 6 nitrogen and oxygen atoms in total. The number of aliphatic carboxylic acids is 1. The van der Waals surface area contributed by atoms with Gasteiger partial charge in [0.25, 0.3) is 5.91 Å². The Bertz CT molecular complexity index is 1350. The number of amides is 1. The number of ether oxygens (including phenoxy) is 1. The Labute approximate surface area is 239 Å². The molecule has 41 heavy (non-hydrogen) atoms. The average molecular weight is 593 g/mol. The van der Waals surface area contributed by atoms with E-state index < -0.39 is 36.0 Å². The monoisotopic (exact) mass is 592 g/mol. The number of carbonyl (C=O) groups is 2. The van der Waals surface area contributed by atoms with Crippen molar-refractivity contribution in [3.63, 3.8) is 0 Å². The van der Waals surface area contributed by atoms with E-state index in [2.05, 4.69) is 15.4 Å². The van der Waals surface area contributed by atoms with Gasteiger partial charge in [-0.3, -0.25) is 9.59 Å². The van der Waals surface area contributed by atoms with Crippen molar-refractivity contribution in [2.45, 2.75) is 50.4 Å². The summed E-state index contributed by atoms with van der Waals surface area (Å²) in [5.74, 6) is -3.16. The lowest BCUT2D eigenvalue weighted by Gasteiger charge is -2.33. The van der Waals surface area contributed by atoms with Crippen LogP contribution in [0.4, 0.5) is 17.6 Å². The molecular weight excluding hydrogens is 564 g/mol. The lowest BCUT2D eigenvalue weighted by molar-refractivity contribution is -0.274. The van der Waals surface area contributed by atoms with Gasteiger partial charge in [-0.15, -0.1) is 13.2 Å². The van der Waals surface area contributed by atoms with Crippen molar-refractivity contribution in [3.8, 4) is 5.75 Å². The quantitative estimate of drug-likeness (QED) is 0.247. The smallest absolute Gasteiger partial charge is 0.481 e. The highest BCUT2D eigenvalue weighted by Crippen LogP contribution is 2.48. The molecule has 0 bridgehead atoms. The molecule has 0 aromatic heterocycles. The van der Waals surface area contributed by atoms with Gasteiger partial charge < -0.3 is 20.5 Å². The normalized spacial score (nSPS) is 19.6. The van der Waals surface area contributed by atoms with Crippen molar-refractivity contribution in [1.29, 1.82) is 0 Å². The fourth-order valence-electron chi connectivity index (χ4n) is 5.40. The van der Waals surface area contributed by atoms with Gasteiger partial charge in [-0.05, 0) is 65.6 Å². The molecule has 4 rings (SSSR count). The van der Waals surface area contributed by atoms with Crippen LogP contribution in [-0.2, 0) is 4.79 Å². The Morgan fingerprint density at radius 3 is 2.37 bits per heavy atom. The van der Waals surface area contributed by atoms with Crippen LogP contribution in [0.3, 0.4) is 0 Å². The van der Waals surface area contributed by atoms with Crippen molar-refractivity contribution in [2.24, 2.45) is 5.92 Å². The Balaban J connectivity index is 1.70. The summed E-state index contributed by atoms with van der Waals surface area (Å²) >= 11 is 6.23. The molecule has 3 N–H and O–H groups in total. The topological polar surface area (TPSA) is 87.7 Å². The highest BCUT2D eigenvalue weighted by molar-refractivity contribution is 6.31. The van der Waals surface area contributed by atoms with Gasteiger partial charge in [0, 0.05) is 29.0 Å². The second-order valence-corrected chi connectivity index (χ2v) is 10.3. The summed E-state index contributed by atoms with van der Waals surface area (Å²) in [6, 6.07) is 11.9. The molecule has 4 atom stereocenters. The van der Waals surface area contributed by atoms with Gasteiger partial charge in [-0.25, -0.2) is 4.39 Å². The number of benzene rings is 2. The first-order valence-corrected chi connectivity index (χ1v) is 13.5. The third-order valence-corrected chi connectivity index (χ3v) is 7.38. The van der Waals surface area contributed by atoms with Crippen LogP contribution in [0.15, 0.2) is 83.3 Å². The third kappa shape index (κ3) is 7.49. The minimum atomic E-state index is -4.83.